The third kappa shape index (κ3) is 4.48. The van der Waals surface area contributed by atoms with Crippen LogP contribution in [0.25, 0.3) is 17.1 Å². The Morgan fingerprint density at radius 1 is 0.897 bits per heavy atom. The molecule has 4 aromatic rings. The Morgan fingerprint density at radius 2 is 1.52 bits per heavy atom. The van der Waals surface area contributed by atoms with E-state index in [0.29, 0.717) is 16.5 Å². The van der Waals surface area contributed by atoms with Gasteiger partial charge in [-0.2, -0.15) is 0 Å². The van der Waals surface area contributed by atoms with Crippen LogP contribution in [0.3, 0.4) is 0 Å². The van der Waals surface area contributed by atoms with E-state index in [9.17, 15) is 0 Å². The minimum absolute atomic E-state index is 0.591. The fraction of sp³-hybridized carbons (Fsp3) is 0.130. The van der Waals surface area contributed by atoms with E-state index >= 15 is 0 Å². The van der Waals surface area contributed by atoms with Crippen LogP contribution in [0.15, 0.2) is 84.9 Å². The van der Waals surface area contributed by atoms with Gasteiger partial charge in [-0.1, -0.05) is 60.1 Å². The summed E-state index contributed by atoms with van der Waals surface area (Å²) in [6.45, 7) is 1.41. The largest absolute Gasteiger partial charge is 0.283 e. The third-order valence-corrected chi connectivity index (χ3v) is 5.27. The van der Waals surface area contributed by atoms with Crippen molar-refractivity contribution in [1.82, 2.24) is 19.2 Å². The quantitative estimate of drug-likeness (QED) is 0.368. The standard InChI is InChI=1S/C23H21ClN4S/c1-26(16-18-8-4-2-5-9-18)17-27-23(29)28(21-10-6-3-7-11-21)22(25-27)19-12-14-20(24)15-13-19/h2-15H,16-17H2,1H3. The Hall–Kier alpha value is -2.73. The van der Waals surface area contributed by atoms with E-state index in [-0.39, 0.29) is 0 Å². The molecule has 0 bridgehead atoms. The average molecular weight is 421 g/mol. The van der Waals surface area contributed by atoms with E-state index in [1.54, 1.807) is 0 Å². The van der Waals surface area contributed by atoms with Gasteiger partial charge in [0.15, 0.2) is 5.82 Å². The van der Waals surface area contributed by atoms with Gasteiger partial charge in [0, 0.05) is 22.8 Å². The molecule has 0 aliphatic heterocycles. The molecule has 0 N–H and O–H groups in total. The lowest BCUT2D eigenvalue weighted by molar-refractivity contribution is 0.244. The molecule has 0 saturated heterocycles. The van der Waals surface area contributed by atoms with Crippen LogP contribution in [-0.2, 0) is 13.2 Å². The van der Waals surface area contributed by atoms with Gasteiger partial charge in [-0.15, -0.1) is 5.10 Å². The highest BCUT2D eigenvalue weighted by Gasteiger charge is 2.15. The maximum absolute atomic E-state index is 6.08. The first-order valence-electron chi connectivity index (χ1n) is 9.35. The number of rotatable bonds is 6. The highest BCUT2D eigenvalue weighted by atomic mass is 35.5. The van der Waals surface area contributed by atoms with Crippen LogP contribution < -0.4 is 0 Å². The second-order valence-electron chi connectivity index (χ2n) is 6.92. The summed E-state index contributed by atoms with van der Waals surface area (Å²) < 4.78 is 4.53. The Balaban J connectivity index is 1.71. The normalized spacial score (nSPS) is 11.1. The first-order valence-corrected chi connectivity index (χ1v) is 10.1. The first kappa shape index (κ1) is 19.6. The molecule has 0 unspecified atom stereocenters. The summed E-state index contributed by atoms with van der Waals surface area (Å²) in [6.07, 6.45) is 0. The lowest BCUT2D eigenvalue weighted by atomic mass is 10.2. The molecule has 0 spiro atoms. The smallest absolute Gasteiger partial charge is 0.204 e. The maximum atomic E-state index is 6.08. The number of halogens is 1. The average Bonchev–Trinajstić information content (AvgIpc) is 3.06. The van der Waals surface area contributed by atoms with Crippen molar-refractivity contribution in [3.05, 3.63) is 100 Å². The van der Waals surface area contributed by atoms with Gasteiger partial charge < -0.3 is 0 Å². The topological polar surface area (TPSA) is 26.0 Å². The molecule has 0 saturated carbocycles. The van der Waals surface area contributed by atoms with E-state index in [4.69, 9.17) is 28.9 Å². The van der Waals surface area contributed by atoms with Crippen molar-refractivity contribution in [1.29, 1.82) is 0 Å². The second kappa shape index (κ2) is 8.74. The number of para-hydroxylation sites is 1. The van der Waals surface area contributed by atoms with E-state index in [1.165, 1.54) is 5.56 Å². The van der Waals surface area contributed by atoms with Crippen molar-refractivity contribution in [3.8, 4) is 17.1 Å². The van der Waals surface area contributed by atoms with Gasteiger partial charge in [-0.05, 0) is 61.2 Å². The lowest BCUT2D eigenvalue weighted by Gasteiger charge is -2.16. The second-order valence-corrected chi connectivity index (χ2v) is 7.73. The molecule has 1 aromatic heterocycles. The molecule has 0 amide bonds. The van der Waals surface area contributed by atoms with Crippen molar-refractivity contribution < 1.29 is 0 Å². The van der Waals surface area contributed by atoms with Crippen LogP contribution in [0.1, 0.15) is 5.56 Å². The van der Waals surface area contributed by atoms with Gasteiger partial charge in [0.25, 0.3) is 0 Å². The summed E-state index contributed by atoms with van der Waals surface area (Å²) in [4.78, 5) is 2.19. The van der Waals surface area contributed by atoms with Gasteiger partial charge in [0.05, 0.1) is 6.67 Å². The highest BCUT2D eigenvalue weighted by molar-refractivity contribution is 7.71. The van der Waals surface area contributed by atoms with Crippen molar-refractivity contribution in [3.63, 3.8) is 0 Å². The van der Waals surface area contributed by atoms with Gasteiger partial charge in [0.1, 0.15) is 0 Å². The number of nitrogens with zero attached hydrogens (tertiary/aromatic N) is 4. The number of benzene rings is 3. The molecule has 3 aromatic carbocycles. The minimum Gasteiger partial charge on any atom is -0.283 e. The molecule has 29 heavy (non-hydrogen) atoms. The minimum atomic E-state index is 0.591. The van der Waals surface area contributed by atoms with Gasteiger partial charge in [-0.3, -0.25) is 9.47 Å². The lowest BCUT2D eigenvalue weighted by Crippen LogP contribution is -2.22. The molecule has 1 heterocycles. The molecule has 0 fully saturated rings. The zero-order valence-corrected chi connectivity index (χ0v) is 17.6. The zero-order valence-electron chi connectivity index (χ0n) is 16.1. The SMILES string of the molecule is CN(Cc1ccccc1)Cn1nc(-c2ccc(Cl)cc2)n(-c2ccccc2)c1=S. The van der Waals surface area contributed by atoms with Crippen molar-refractivity contribution in [2.75, 3.05) is 7.05 Å². The van der Waals surface area contributed by atoms with E-state index in [2.05, 4.69) is 36.2 Å². The Kier molecular flexibility index (Phi) is 5.90. The summed E-state index contributed by atoms with van der Waals surface area (Å²) in [5.74, 6) is 0.797. The summed E-state index contributed by atoms with van der Waals surface area (Å²) in [5, 5.41) is 5.55. The number of hydrogen-bond donors (Lipinski definition) is 0. The highest BCUT2D eigenvalue weighted by Crippen LogP contribution is 2.24. The van der Waals surface area contributed by atoms with Crippen LogP contribution >= 0.6 is 23.8 Å². The Labute approximate surface area is 180 Å². The summed E-state index contributed by atoms with van der Waals surface area (Å²) >= 11 is 11.9. The molecule has 146 valence electrons. The van der Waals surface area contributed by atoms with Crippen LogP contribution in [0.2, 0.25) is 5.02 Å². The molecular formula is C23H21ClN4S. The Bertz CT molecular complexity index is 1140. The van der Waals surface area contributed by atoms with Gasteiger partial charge >= 0.3 is 0 Å². The molecule has 0 atom stereocenters. The summed E-state index contributed by atoms with van der Waals surface area (Å²) in [7, 11) is 2.07. The van der Waals surface area contributed by atoms with Crippen LogP contribution in [0, 0.1) is 4.77 Å². The first-order chi connectivity index (χ1) is 14.1. The summed E-state index contributed by atoms with van der Waals surface area (Å²) in [5.41, 5.74) is 3.20. The van der Waals surface area contributed by atoms with Crippen LogP contribution in [0.5, 0.6) is 0 Å². The van der Waals surface area contributed by atoms with Gasteiger partial charge in [-0.25, -0.2) is 4.68 Å². The fourth-order valence-corrected chi connectivity index (χ4v) is 3.69. The van der Waals surface area contributed by atoms with E-state index in [0.717, 1.165) is 23.6 Å². The predicted molar refractivity (Wildman–Crippen MR) is 121 cm³/mol. The van der Waals surface area contributed by atoms with Gasteiger partial charge in [0.2, 0.25) is 4.77 Å². The molecular weight excluding hydrogens is 400 g/mol. The number of aromatic nitrogens is 3. The molecule has 0 aliphatic carbocycles. The molecule has 4 nitrogen and oxygen atoms in total. The monoisotopic (exact) mass is 420 g/mol. The molecule has 4 rings (SSSR count). The maximum Gasteiger partial charge on any atom is 0.204 e. The van der Waals surface area contributed by atoms with Crippen LogP contribution in [-0.4, -0.2) is 26.3 Å². The number of hydrogen-bond acceptors (Lipinski definition) is 3. The molecule has 0 aliphatic rings. The van der Waals surface area contributed by atoms with Crippen LogP contribution in [0.4, 0.5) is 0 Å². The predicted octanol–water partition coefficient (Wildman–Crippen LogP) is 5.81. The summed E-state index contributed by atoms with van der Waals surface area (Å²) in [6, 6.07) is 28.1. The molecule has 6 heteroatoms. The molecule has 0 radical (unpaired) electrons. The van der Waals surface area contributed by atoms with Crippen molar-refractivity contribution >= 4 is 23.8 Å². The van der Waals surface area contributed by atoms with Crippen molar-refractivity contribution in [2.45, 2.75) is 13.2 Å². The van der Waals surface area contributed by atoms with Crippen molar-refractivity contribution in [2.24, 2.45) is 0 Å². The van der Waals surface area contributed by atoms with E-state index < -0.39 is 0 Å². The fourth-order valence-electron chi connectivity index (χ4n) is 3.27. The van der Waals surface area contributed by atoms with E-state index in [1.807, 2.05) is 69.9 Å². The zero-order chi connectivity index (χ0) is 20.2. The Morgan fingerprint density at radius 3 is 2.17 bits per heavy atom. The third-order valence-electron chi connectivity index (χ3n) is 4.63.